The highest BCUT2D eigenvalue weighted by Crippen LogP contribution is 2.19. The van der Waals surface area contributed by atoms with Gasteiger partial charge in [-0.05, 0) is 26.7 Å². The molecule has 2 atom stereocenters. The molecule has 6 nitrogen and oxygen atoms in total. The van der Waals surface area contributed by atoms with Gasteiger partial charge in [0.25, 0.3) is 0 Å². The van der Waals surface area contributed by atoms with E-state index in [0.717, 1.165) is 19.5 Å². The Morgan fingerprint density at radius 1 is 1.35 bits per heavy atom. The zero-order valence-corrected chi connectivity index (χ0v) is 10.6. The van der Waals surface area contributed by atoms with Crippen LogP contribution in [-0.2, 0) is 9.53 Å². The molecule has 1 aliphatic rings. The highest BCUT2D eigenvalue weighted by Gasteiger charge is 2.28. The number of aliphatic imine (C=N–C) groups is 1. The molecule has 0 bridgehead atoms. The van der Waals surface area contributed by atoms with Gasteiger partial charge in [-0.3, -0.25) is 9.79 Å². The summed E-state index contributed by atoms with van der Waals surface area (Å²) in [6.07, 6.45) is 0.995. The molecule has 17 heavy (non-hydrogen) atoms. The van der Waals surface area contributed by atoms with Gasteiger partial charge in [0.15, 0.2) is 5.96 Å². The molecule has 1 saturated heterocycles. The van der Waals surface area contributed by atoms with Crippen molar-refractivity contribution < 1.29 is 9.53 Å². The number of carbonyl (C=O) groups is 1. The fourth-order valence-corrected chi connectivity index (χ4v) is 1.89. The quantitative estimate of drug-likeness (QED) is 0.510. The van der Waals surface area contributed by atoms with Crippen molar-refractivity contribution in [2.45, 2.75) is 38.9 Å². The van der Waals surface area contributed by atoms with Gasteiger partial charge in [-0.25, -0.2) is 0 Å². The second-order valence-corrected chi connectivity index (χ2v) is 4.10. The number of ether oxygens (including phenoxy) is 1. The van der Waals surface area contributed by atoms with Crippen molar-refractivity contribution in [3.05, 3.63) is 0 Å². The maximum Gasteiger partial charge on any atom is 0.246 e. The molecule has 2 unspecified atom stereocenters. The first-order chi connectivity index (χ1) is 8.08. The van der Waals surface area contributed by atoms with Crippen LogP contribution in [0.3, 0.4) is 0 Å². The minimum atomic E-state index is -0.454. The second kappa shape index (κ2) is 6.44. The Kier molecular flexibility index (Phi) is 5.21. The van der Waals surface area contributed by atoms with Gasteiger partial charge in [-0.2, -0.15) is 0 Å². The summed E-state index contributed by atoms with van der Waals surface area (Å²) in [5.41, 5.74) is 11.0. The van der Waals surface area contributed by atoms with E-state index in [2.05, 4.69) is 4.99 Å². The van der Waals surface area contributed by atoms with E-state index in [1.165, 1.54) is 0 Å². The predicted molar refractivity (Wildman–Crippen MR) is 66.5 cm³/mol. The molecule has 1 rings (SSSR count). The van der Waals surface area contributed by atoms with Gasteiger partial charge in [0.2, 0.25) is 5.91 Å². The summed E-state index contributed by atoms with van der Waals surface area (Å²) in [7, 11) is 0. The fourth-order valence-electron chi connectivity index (χ4n) is 1.89. The maximum atomic E-state index is 10.9. The van der Waals surface area contributed by atoms with Gasteiger partial charge < -0.3 is 21.1 Å². The van der Waals surface area contributed by atoms with Gasteiger partial charge in [0.05, 0.1) is 12.6 Å². The number of amides is 1. The first-order valence-corrected chi connectivity index (χ1v) is 6.08. The van der Waals surface area contributed by atoms with Crippen LogP contribution in [0.1, 0.15) is 26.7 Å². The summed E-state index contributed by atoms with van der Waals surface area (Å²) in [5.74, 6) is 0.134. The molecule has 4 N–H and O–H groups in total. The van der Waals surface area contributed by atoms with Crippen molar-refractivity contribution >= 4 is 11.9 Å². The first-order valence-electron chi connectivity index (χ1n) is 6.08. The largest absolute Gasteiger partial charge is 0.370 e. The second-order valence-electron chi connectivity index (χ2n) is 4.10. The molecule has 0 saturated carbocycles. The number of primary amides is 1. The molecule has 1 amide bonds. The van der Waals surface area contributed by atoms with Gasteiger partial charge in [-0.1, -0.05) is 0 Å². The number of carbonyl (C=O) groups excluding carboxylic acids is 1. The summed E-state index contributed by atoms with van der Waals surface area (Å²) < 4.78 is 5.46. The van der Waals surface area contributed by atoms with Crippen LogP contribution in [0, 0.1) is 0 Å². The van der Waals surface area contributed by atoms with E-state index in [0.29, 0.717) is 18.9 Å². The van der Waals surface area contributed by atoms with Crippen molar-refractivity contribution in [3.63, 3.8) is 0 Å². The van der Waals surface area contributed by atoms with Crippen molar-refractivity contribution in [3.8, 4) is 0 Å². The highest BCUT2D eigenvalue weighted by molar-refractivity contribution is 5.79. The van der Waals surface area contributed by atoms with E-state index < -0.39 is 12.0 Å². The molecule has 0 aromatic heterocycles. The van der Waals surface area contributed by atoms with Gasteiger partial charge in [0.1, 0.15) is 6.10 Å². The molecule has 0 aromatic carbocycles. The average molecular weight is 242 g/mol. The lowest BCUT2D eigenvalue weighted by atomic mass is 10.2. The predicted octanol–water partition coefficient (Wildman–Crippen LogP) is -0.324. The summed E-state index contributed by atoms with van der Waals surface area (Å²) in [4.78, 5) is 17.2. The van der Waals surface area contributed by atoms with E-state index in [-0.39, 0.29) is 6.10 Å². The lowest BCUT2D eigenvalue weighted by Gasteiger charge is -2.20. The SMILES string of the molecule is CCN(CC)C(N)=NCC1CCC(C(N)=O)O1. The molecular weight excluding hydrogens is 220 g/mol. The molecule has 1 heterocycles. The lowest BCUT2D eigenvalue weighted by Crippen LogP contribution is -2.37. The van der Waals surface area contributed by atoms with E-state index in [1.807, 2.05) is 18.7 Å². The third-order valence-corrected chi connectivity index (χ3v) is 2.97. The molecule has 1 aliphatic heterocycles. The molecule has 0 aromatic rings. The Labute approximate surface area is 102 Å². The van der Waals surface area contributed by atoms with Crippen LogP contribution in [0.5, 0.6) is 0 Å². The topological polar surface area (TPSA) is 93.9 Å². The molecular formula is C11H22N4O2. The van der Waals surface area contributed by atoms with Crippen molar-refractivity contribution in [2.75, 3.05) is 19.6 Å². The Hall–Kier alpha value is -1.30. The van der Waals surface area contributed by atoms with Crippen LogP contribution in [0.15, 0.2) is 4.99 Å². The highest BCUT2D eigenvalue weighted by atomic mass is 16.5. The van der Waals surface area contributed by atoms with Crippen LogP contribution >= 0.6 is 0 Å². The fraction of sp³-hybridized carbons (Fsp3) is 0.818. The van der Waals surface area contributed by atoms with E-state index in [1.54, 1.807) is 0 Å². The zero-order chi connectivity index (χ0) is 12.8. The van der Waals surface area contributed by atoms with Crippen LogP contribution < -0.4 is 11.5 Å². The van der Waals surface area contributed by atoms with E-state index >= 15 is 0 Å². The number of rotatable bonds is 5. The average Bonchev–Trinajstić information content (AvgIpc) is 2.76. The number of nitrogens with zero attached hydrogens (tertiary/aromatic N) is 2. The minimum Gasteiger partial charge on any atom is -0.370 e. The Morgan fingerprint density at radius 3 is 2.47 bits per heavy atom. The van der Waals surface area contributed by atoms with Crippen molar-refractivity contribution in [1.29, 1.82) is 0 Å². The monoisotopic (exact) mass is 242 g/mol. The molecule has 1 fully saturated rings. The minimum absolute atomic E-state index is 0.0402. The third-order valence-electron chi connectivity index (χ3n) is 2.97. The molecule has 0 aliphatic carbocycles. The Balaban J connectivity index is 2.41. The zero-order valence-electron chi connectivity index (χ0n) is 10.6. The molecule has 6 heteroatoms. The van der Waals surface area contributed by atoms with E-state index in [4.69, 9.17) is 16.2 Å². The normalized spacial score (nSPS) is 24.9. The third kappa shape index (κ3) is 3.89. The van der Waals surface area contributed by atoms with Gasteiger partial charge in [-0.15, -0.1) is 0 Å². The summed E-state index contributed by atoms with van der Waals surface area (Å²) in [6.45, 7) is 6.22. The number of hydrogen-bond acceptors (Lipinski definition) is 3. The van der Waals surface area contributed by atoms with Gasteiger partial charge >= 0.3 is 0 Å². The first kappa shape index (κ1) is 13.8. The van der Waals surface area contributed by atoms with Crippen LogP contribution in [0.4, 0.5) is 0 Å². The lowest BCUT2D eigenvalue weighted by molar-refractivity contribution is -0.128. The number of hydrogen-bond donors (Lipinski definition) is 2. The summed E-state index contributed by atoms with van der Waals surface area (Å²) in [6, 6.07) is 0. The summed E-state index contributed by atoms with van der Waals surface area (Å²) >= 11 is 0. The smallest absolute Gasteiger partial charge is 0.246 e. The summed E-state index contributed by atoms with van der Waals surface area (Å²) in [5, 5.41) is 0. The van der Waals surface area contributed by atoms with Crippen LogP contribution in [0.2, 0.25) is 0 Å². The maximum absolute atomic E-state index is 10.9. The Bertz CT molecular complexity index is 289. The van der Waals surface area contributed by atoms with Crippen molar-refractivity contribution in [1.82, 2.24) is 4.90 Å². The van der Waals surface area contributed by atoms with Gasteiger partial charge in [0, 0.05) is 13.1 Å². The number of guanidine groups is 1. The van der Waals surface area contributed by atoms with Crippen LogP contribution in [0.25, 0.3) is 0 Å². The number of nitrogens with two attached hydrogens (primary N) is 2. The molecule has 98 valence electrons. The van der Waals surface area contributed by atoms with Crippen molar-refractivity contribution in [2.24, 2.45) is 16.5 Å². The molecule has 0 spiro atoms. The molecule has 0 radical (unpaired) electrons. The Morgan fingerprint density at radius 2 is 2.00 bits per heavy atom. The van der Waals surface area contributed by atoms with E-state index in [9.17, 15) is 4.79 Å². The standard InChI is InChI=1S/C11H22N4O2/c1-3-15(4-2)11(13)14-7-8-5-6-9(17-8)10(12)16/h8-9H,3-7H2,1-2H3,(H2,12,16)(H2,13,14). The van der Waals surface area contributed by atoms with Crippen LogP contribution in [-0.4, -0.2) is 48.6 Å².